The van der Waals surface area contributed by atoms with Crippen molar-refractivity contribution in [2.75, 3.05) is 7.11 Å². The van der Waals surface area contributed by atoms with E-state index in [-0.39, 0.29) is 6.61 Å². The number of hydrogen-bond donors (Lipinski definition) is 0. The molecule has 0 bridgehead atoms. The third-order valence-electron chi connectivity index (χ3n) is 4.69. The Bertz CT molecular complexity index is 1180. The zero-order valence-corrected chi connectivity index (χ0v) is 16.0. The molecule has 0 atom stereocenters. The van der Waals surface area contributed by atoms with E-state index >= 15 is 0 Å². The van der Waals surface area contributed by atoms with E-state index in [1.807, 2.05) is 27.3 Å². The van der Waals surface area contributed by atoms with Crippen LogP contribution in [-0.2, 0) is 17.9 Å². The highest BCUT2D eigenvalue weighted by Gasteiger charge is 2.26. The van der Waals surface area contributed by atoms with Crippen LogP contribution < -0.4 is 4.74 Å². The van der Waals surface area contributed by atoms with Gasteiger partial charge in [-0.05, 0) is 36.3 Å². The number of methoxy groups -OCH3 is 1. The second-order valence-corrected chi connectivity index (χ2v) is 6.26. The molecule has 144 valence electrons. The van der Waals surface area contributed by atoms with Crippen LogP contribution in [0.2, 0.25) is 0 Å². The molecule has 0 radical (unpaired) electrons. The summed E-state index contributed by atoms with van der Waals surface area (Å²) in [6.45, 7) is 8.11. The van der Waals surface area contributed by atoms with Crippen LogP contribution in [0.3, 0.4) is 0 Å². The first-order valence-electron chi connectivity index (χ1n) is 8.91. The number of ether oxygens (including phenoxy) is 2. The van der Waals surface area contributed by atoms with Gasteiger partial charge >= 0.3 is 0 Å². The summed E-state index contributed by atoms with van der Waals surface area (Å²) >= 11 is 0. The number of terminal acetylenes is 1. The minimum absolute atomic E-state index is 0.220. The predicted octanol–water partition coefficient (Wildman–Crippen LogP) is 3.25. The molecule has 7 nitrogen and oxygen atoms in total. The minimum Gasteiger partial charge on any atom is -0.497 e. The summed E-state index contributed by atoms with van der Waals surface area (Å²) < 4.78 is 15.2. The largest absolute Gasteiger partial charge is 0.497 e. The van der Waals surface area contributed by atoms with Crippen molar-refractivity contribution in [1.29, 1.82) is 0 Å². The fourth-order valence-corrected chi connectivity index (χ4v) is 3.28. The quantitative estimate of drug-likeness (QED) is 0.290. The smallest absolute Gasteiger partial charge is 0.171 e. The summed E-state index contributed by atoms with van der Waals surface area (Å²) in [6.07, 6.45) is 12.4. The van der Waals surface area contributed by atoms with Crippen molar-refractivity contribution in [2.24, 2.45) is 0 Å². The van der Waals surface area contributed by atoms with Gasteiger partial charge in [-0.2, -0.15) is 0 Å². The van der Waals surface area contributed by atoms with Crippen molar-refractivity contribution in [3.8, 4) is 35.2 Å². The van der Waals surface area contributed by atoms with E-state index in [9.17, 15) is 0 Å². The summed E-state index contributed by atoms with van der Waals surface area (Å²) in [5, 5.41) is 8.78. The lowest BCUT2D eigenvalue weighted by Crippen LogP contribution is -2.09. The molecule has 0 saturated heterocycles. The molecule has 1 aliphatic rings. The standard InChI is InChI=1S/C22H19N5O2/c1-5-8-15(6-2)29-13-21-24-25-22-17-11-16(28-4)9-10-19(17)27-14-23-18(7-3)20(27)12-26(21)22/h3,5-6,8-11,14H,1-2,12-13H2,4H3/b15-8+. The number of fused-ring (bicyclic) bond motifs is 5. The maximum Gasteiger partial charge on any atom is 0.171 e. The molecule has 2 aromatic heterocycles. The van der Waals surface area contributed by atoms with Crippen LogP contribution in [-0.4, -0.2) is 31.4 Å². The SMILES string of the molecule is C#Cc1ncn2c1Cn1c(CO/C(C=C)=C/C=C)nnc1-c1cc(OC)ccc1-2. The molecule has 1 aliphatic heterocycles. The first-order chi connectivity index (χ1) is 14.2. The molecule has 0 saturated carbocycles. The minimum atomic E-state index is 0.220. The molecular formula is C22H19N5O2. The lowest BCUT2D eigenvalue weighted by molar-refractivity contribution is 0.200. The highest BCUT2D eigenvalue weighted by molar-refractivity contribution is 5.71. The van der Waals surface area contributed by atoms with Gasteiger partial charge in [0.1, 0.15) is 30.1 Å². The van der Waals surface area contributed by atoms with Gasteiger partial charge in [-0.3, -0.25) is 4.57 Å². The van der Waals surface area contributed by atoms with Gasteiger partial charge in [0, 0.05) is 5.56 Å². The van der Waals surface area contributed by atoms with Crippen LogP contribution in [0.15, 0.2) is 61.7 Å². The van der Waals surface area contributed by atoms with Crippen LogP contribution in [0.5, 0.6) is 5.75 Å². The molecule has 0 fully saturated rings. The number of allylic oxidation sites excluding steroid dienone is 3. The first kappa shape index (κ1) is 18.3. The molecular weight excluding hydrogens is 366 g/mol. The van der Waals surface area contributed by atoms with Crippen LogP contribution in [0.1, 0.15) is 17.2 Å². The molecule has 4 rings (SSSR count). The topological polar surface area (TPSA) is 67.0 Å². The lowest BCUT2D eigenvalue weighted by atomic mass is 10.1. The fraction of sp³-hybridized carbons (Fsp3) is 0.136. The zero-order chi connectivity index (χ0) is 20.4. The number of hydrogen-bond acceptors (Lipinski definition) is 5. The number of nitrogens with zero attached hydrogens (tertiary/aromatic N) is 5. The molecule has 0 spiro atoms. The Hall–Kier alpha value is -4.05. The van der Waals surface area contributed by atoms with Crippen molar-refractivity contribution in [3.63, 3.8) is 0 Å². The molecule has 0 aliphatic carbocycles. The van der Waals surface area contributed by atoms with Gasteiger partial charge in [0.05, 0.1) is 25.0 Å². The van der Waals surface area contributed by atoms with Gasteiger partial charge in [0.15, 0.2) is 11.6 Å². The summed E-state index contributed by atoms with van der Waals surface area (Å²) in [5.74, 6) is 5.34. The van der Waals surface area contributed by atoms with E-state index < -0.39 is 0 Å². The first-order valence-corrected chi connectivity index (χ1v) is 8.91. The molecule has 3 aromatic rings. The van der Waals surface area contributed by atoms with Crippen LogP contribution in [0, 0.1) is 12.3 Å². The van der Waals surface area contributed by atoms with Gasteiger partial charge in [-0.1, -0.05) is 19.2 Å². The van der Waals surface area contributed by atoms with E-state index in [4.69, 9.17) is 15.9 Å². The highest BCUT2D eigenvalue weighted by atomic mass is 16.5. The molecule has 0 N–H and O–H groups in total. The molecule has 3 heterocycles. The van der Waals surface area contributed by atoms with Gasteiger partial charge in [0.2, 0.25) is 0 Å². The Kier molecular flexibility index (Phi) is 4.75. The molecule has 7 heteroatoms. The maximum absolute atomic E-state index is 5.80. The van der Waals surface area contributed by atoms with E-state index in [0.29, 0.717) is 29.6 Å². The summed E-state index contributed by atoms with van der Waals surface area (Å²) in [4.78, 5) is 4.37. The van der Waals surface area contributed by atoms with Crippen molar-refractivity contribution < 1.29 is 9.47 Å². The van der Waals surface area contributed by atoms with Gasteiger partial charge in [0.25, 0.3) is 0 Å². The van der Waals surface area contributed by atoms with Gasteiger partial charge in [-0.25, -0.2) is 4.98 Å². The Morgan fingerprint density at radius 1 is 1.34 bits per heavy atom. The van der Waals surface area contributed by atoms with Crippen molar-refractivity contribution in [1.82, 2.24) is 24.3 Å². The van der Waals surface area contributed by atoms with Crippen LogP contribution in [0.25, 0.3) is 17.1 Å². The summed E-state index contributed by atoms with van der Waals surface area (Å²) in [6, 6.07) is 5.78. The number of benzene rings is 1. The van der Waals surface area contributed by atoms with E-state index in [0.717, 1.165) is 22.7 Å². The van der Waals surface area contributed by atoms with Crippen molar-refractivity contribution in [2.45, 2.75) is 13.2 Å². The molecule has 29 heavy (non-hydrogen) atoms. The highest BCUT2D eigenvalue weighted by Crippen LogP contribution is 2.34. The second-order valence-electron chi connectivity index (χ2n) is 6.26. The zero-order valence-electron chi connectivity index (χ0n) is 16.0. The van der Waals surface area contributed by atoms with Crippen LogP contribution in [0.4, 0.5) is 0 Å². The van der Waals surface area contributed by atoms with Gasteiger partial charge < -0.3 is 14.0 Å². The number of imidazole rings is 1. The third kappa shape index (κ3) is 3.11. The van der Waals surface area contributed by atoms with E-state index in [1.54, 1.807) is 31.7 Å². The van der Waals surface area contributed by atoms with Crippen LogP contribution >= 0.6 is 0 Å². The average molecular weight is 385 g/mol. The molecule has 1 aromatic carbocycles. The summed E-state index contributed by atoms with van der Waals surface area (Å²) in [7, 11) is 1.63. The average Bonchev–Trinajstić information content (AvgIpc) is 3.31. The van der Waals surface area contributed by atoms with Crippen molar-refractivity contribution in [3.05, 3.63) is 78.9 Å². The predicted molar refractivity (Wildman–Crippen MR) is 109 cm³/mol. The third-order valence-corrected chi connectivity index (χ3v) is 4.69. The molecule has 0 unspecified atom stereocenters. The van der Waals surface area contributed by atoms with E-state index in [1.165, 1.54) is 0 Å². The Balaban J connectivity index is 1.85. The van der Waals surface area contributed by atoms with Crippen molar-refractivity contribution >= 4 is 0 Å². The normalized spacial score (nSPS) is 12.1. The monoisotopic (exact) mass is 385 g/mol. The number of rotatable bonds is 6. The Labute approximate surface area is 168 Å². The van der Waals surface area contributed by atoms with E-state index in [2.05, 4.69) is 34.3 Å². The second kappa shape index (κ2) is 7.52. The lowest BCUT2D eigenvalue weighted by Gasteiger charge is -2.10. The summed E-state index contributed by atoms with van der Waals surface area (Å²) in [5.41, 5.74) is 3.24. The maximum atomic E-state index is 5.80. The molecule has 0 amide bonds. The fourth-order valence-electron chi connectivity index (χ4n) is 3.28. The van der Waals surface area contributed by atoms with Gasteiger partial charge in [-0.15, -0.1) is 16.6 Å². The Morgan fingerprint density at radius 3 is 2.93 bits per heavy atom. The Morgan fingerprint density at radius 2 is 2.21 bits per heavy atom. The number of aromatic nitrogens is 5.